The molecule has 2 atom stereocenters. The third kappa shape index (κ3) is 6.14. The standard InChI is InChI=1S/C31H35F2NO4/c1-5-20(14-30(35)36)21-12-22(32)15-23(13-21)38-18-19-8-9-24(26-16-29(37-4)34-17-28(26)33)25(11-19)27-7-6-10-31(27,2)3/h8-9,11-13,15-17,20,27H,5-7,10,14,18H2,1-4H3,(H,35,36)/t20-,27+/m1/s1. The van der Waals surface area contributed by atoms with E-state index in [0.29, 0.717) is 29.2 Å². The van der Waals surface area contributed by atoms with E-state index in [4.69, 9.17) is 9.47 Å². The minimum atomic E-state index is -0.922. The molecule has 3 aromatic rings. The van der Waals surface area contributed by atoms with Gasteiger partial charge in [-0.15, -0.1) is 0 Å². The average molecular weight is 524 g/mol. The lowest BCUT2D eigenvalue weighted by atomic mass is 9.75. The highest BCUT2D eigenvalue weighted by molar-refractivity contribution is 5.70. The number of aromatic nitrogens is 1. The van der Waals surface area contributed by atoms with Crippen molar-refractivity contribution in [2.45, 2.75) is 71.3 Å². The van der Waals surface area contributed by atoms with Gasteiger partial charge in [0.15, 0.2) is 0 Å². The van der Waals surface area contributed by atoms with Crippen molar-refractivity contribution in [2.75, 3.05) is 7.11 Å². The molecular weight excluding hydrogens is 488 g/mol. The number of rotatable bonds is 10. The maximum atomic E-state index is 15.0. The normalized spacial score (nSPS) is 17.3. The minimum absolute atomic E-state index is 0.0542. The van der Waals surface area contributed by atoms with E-state index >= 15 is 0 Å². The van der Waals surface area contributed by atoms with Gasteiger partial charge in [0.25, 0.3) is 0 Å². The summed E-state index contributed by atoms with van der Waals surface area (Å²) >= 11 is 0. The molecule has 38 heavy (non-hydrogen) atoms. The Hall–Kier alpha value is -3.48. The first-order valence-corrected chi connectivity index (χ1v) is 13.1. The summed E-state index contributed by atoms with van der Waals surface area (Å²) in [6, 6.07) is 11.9. The number of methoxy groups -OCH3 is 1. The second-order valence-electron chi connectivity index (χ2n) is 10.8. The van der Waals surface area contributed by atoms with E-state index in [9.17, 15) is 18.7 Å². The molecule has 0 unspecified atom stereocenters. The number of benzene rings is 2. The van der Waals surface area contributed by atoms with E-state index in [-0.39, 0.29) is 30.3 Å². The van der Waals surface area contributed by atoms with Crippen LogP contribution in [0.4, 0.5) is 8.78 Å². The summed E-state index contributed by atoms with van der Waals surface area (Å²) < 4.78 is 40.6. The van der Waals surface area contributed by atoms with Crippen LogP contribution in [0.5, 0.6) is 11.6 Å². The van der Waals surface area contributed by atoms with E-state index in [2.05, 4.69) is 24.9 Å². The fraction of sp³-hybridized carbons (Fsp3) is 0.419. The first kappa shape index (κ1) is 27.6. The van der Waals surface area contributed by atoms with Crippen LogP contribution in [0, 0.1) is 17.0 Å². The van der Waals surface area contributed by atoms with E-state index in [0.717, 1.165) is 36.0 Å². The molecule has 1 heterocycles. The molecule has 1 aliphatic carbocycles. The van der Waals surface area contributed by atoms with Crippen LogP contribution in [0.1, 0.15) is 81.4 Å². The Balaban J connectivity index is 1.66. The third-order valence-electron chi connectivity index (χ3n) is 7.76. The molecule has 7 heteroatoms. The molecule has 1 fully saturated rings. The van der Waals surface area contributed by atoms with Gasteiger partial charge in [0, 0.05) is 17.7 Å². The first-order valence-electron chi connectivity index (χ1n) is 13.1. The maximum Gasteiger partial charge on any atom is 0.303 e. The number of carbonyl (C=O) groups is 1. The Bertz CT molecular complexity index is 1310. The highest BCUT2D eigenvalue weighted by atomic mass is 19.1. The van der Waals surface area contributed by atoms with Crippen LogP contribution in [-0.2, 0) is 11.4 Å². The number of carboxylic acid groups (broad SMARTS) is 1. The van der Waals surface area contributed by atoms with Crippen LogP contribution in [-0.4, -0.2) is 23.2 Å². The zero-order chi connectivity index (χ0) is 27.4. The molecule has 1 aromatic heterocycles. The molecule has 202 valence electrons. The van der Waals surface area contributed by atoms with Crippen LogP contribution in [0.15, 0.2) is 48.7 Å². The molecule has 2 aromatic carbocycles. The molecule has 1 saturated carbocycles. The number of carboxylic acids is 1. The monoisotopic (exact) mass is 523 g/mol. The fourth-order valence-electron chi connectivity index (χ4n) is 5.66. The minimum Gasteiger partial charge on any atom is -0.489 e. The molecule has 0 bridgehead atoms. The topological polar surface area (TPSA) is 68.7 Å². The Kier molecular flexibility index (Phi) is 8.34. The molecule has 4 rings (SSSR count). The van der Waals surface area contributed by atoms with Gasteiger partial charge in [-0.1, -0.05) is 45.4 Å². The fourth-order valence-corrected chi connectivity index (χ4v) is 5.66. The molecule has 0 spiro atoms. The van der Waals surface area contributed by atoms with Crippen LogP contribution < -0.4 is 9.47 Å². The third-order valence-corrected chi connectivity index (χ3v) is 7.76. The number of hydrogen-bond donors (Lipinski definition) is 1. The van der Waals surface area contributed by atoms with Gasteiger partial charge in [0.1, 0.15) is 24.0 Å². The van der Waals surface area contributed by atoms with Gasteiger partial charge in [0.2, 0.25) is 5.88 Å². The molecular formula is C31H35F2NO4. The summed E-state index contributed by atoms with van der Waals surface area (Å²) in [5.74, 6) is -1.17. The highest BCUT2D eigenvalue weighted by Gasteiger charge is 2.37. The molecule has 1 N–H and O–H groups in total. The van der Waals surface area contributed by atoms with Gasteiger partial charge in [0.05, 0.1) is 19.7 Å². The van der Waals surface area contributed by atoms with Crippen LogP contribution in [0.3, 0.4) is 0 Å². The van der Waals surface area contributed by atoms with Gasteiger partial charge in [-0.05, 0) is 70.9 Å². The number of halogens is 2. The Morgan fingerprint density at radius 2 is 1.95 bits per heavy atom. The SMILES string of the molecule is CC[C@H](CC(=O)O)c1cc(F)cc(OCc2ccc(-c3cc(OC)ncc3F)c([C@@H]3CCCC3(C)C)c2)c1. The Morgan fingerprint density at radius 1 is 1.16 bits per heavy atom. The molecule has 0 saturated heterocycles. The summed E-state index contributed by atoms with van der Waals surface area (Å²) in [4.78, 5) is 15.2. The zero-order valence-electron chi connectivity index (χ0n) is 22.4. The lowest BCUT2D eigenvalue weighted by molar-refractivity contribution is -0.137. The summed E-state index contributed by atoms with van der Waals surface area (Å²) in [6.45, 7) is 6.57. The Labute approximate surface area is 222 Å². The van der Waals surface area contributed by atoms with Crippen molar-refractivity contribution in [1.29, 1.82) is 0 Å². The van der Waals surface area contributed by atoms with Gasteiger partial charge < -0.3 is 14.6 Å². The number of pyridine rings is 1. The van der Waals surface area contributed by atoms with Gasteiger partial charge in [-0.3, -0.25) is 4.79 Å². The van der Waals surface area contributed by atoms with E-state index in [1.807, 2.05) is 19.1 Å². The van der Waals surface area contributed by atoms with E-state index in [1.54, 1.807) is 12.1 Å². The number of nitrogens with zero attached hydrogens (tertiary/aromatic N) is 1. The number of hydrogen-bond acceptors (Lipinski definition) is 4. The van der Waals surface area contributed by atoms with Crippen LogP contribution >= 0.6 is 0 Å². The second-order valence-corrected chi connectivity index (χ2v) is 10.8. The number of ether oxygens (including phenoxy) is 2. The van der Waals surface area contributed by atoms with Crippen molar-refractivity contribution in [3.63, 3.8) is 0 Å². The smallest absolute Gasteiger partial charge is 0.303 e. The van der Waals surface area contributed by atoms with Crippen molar-refractivity contribution < 1.29 is 28.2 Å². The summed E-state index contributed by atoms with van der Waals surface area (Å²) in [5, 5.41) is 9.21. The van der Waals surface area contributed by atoms with Crippen molar-refractivity contribution in [3.05, 3.63) is 77.0 Å². The highest BCUT2D eigenvalue weighted by Crippen LogP contribution is 2.51. The van der Waals surface area contributed by atoms with Crippen molar-refractivity contribution in [2.24, 2.45) is 5.41 Å². The second kappa shape index (κ2) is 11.5. The van der Waals surface area contributed by atoms with Gasteiger partial charge in [-0.2, -0.15) is 0 Å². The lowest BCUT2D eigenvalue weighted by Gasteiger charge is -2.30. The summed E-state index contributed by atoms with van der Waals surface area (Å²) in [5.41, 5.74) is 3.85. The number of aliphatic carboxylic acids is 1. The predicted molar refractivity (Wildman–Crippen MR) is 143 cm³/mol. The lowest BCUT2D eigenvalue weighted by Crippen LogP contribution is -2.17. The van der Waals surface area contributed by atoms with Gasteiger partial charge in [-0.25, -0.2) is 13.8 Å². The molecule has 1 aliphatic rings. The quantitative estimate of drug-likeness (QED) is 0.293. The summed E-state index contributed by atoms with van der Waals surface area (Å²) in [7, 11) is 1.51. The first-order chi connectivity index (χ1) is 18.1. The molecule has 0 radical (unpaired) electrons. The maximum absolute atomic E-state index is 15.0. The van der Waals surface area contributed by atoms with E-state index < -0.39 is 17.6 Å². The van der Waals surface area contributed by atoms with Crippen molar-refractivity contribution in [1.82, 2.24) is 4.98 Å². The van der Waals surface area contributed by atoms with E-state index in [1.165, 1.54) is 25.4 Å². The zero-order valence-corrected chi connectivity index (χ0v) is 22.4. The van der Waals surface area contributed by atoms with Crippen LogP contribution in [0.2, 0.25) is 0 Å². The molecule has 5 nitrogen and oxygen atoms in total. The summed E-state index contributed by atoms with van der Waals surface area (Å²) in [6.07, 6.45) is 4.88. The largest absolute Gasteiger partial charge is 0.489 e. The molecule has 0 amide bonds. The predicted octanol–water partition coefficient (Wildman–Crippen LogP) is 7.88. The average Bonchev–Trinajstić information content (AvgIpc) is 3.24. The molecule has 0 aliphatic heterocycles. The van der Waals surface area contributed by atoms with Gasteiger partial charge >= 0.3 is 5.97 Å². The Morgan fingerprint density at radius 3 is 2.61 bits per heavy atom. The van der Waals surface area contributed by atoms with Crippen molar-refractivity contribution in [3.8, 4) is 22.8 Å². The van der Waals surface area contributed by atoms with Crippen molar-refractivity contribution >= 4 is 5.97 Å². The van der Waals surface area contributed by atoms with Crippen LogP contribution in [0.25, 0.3) is 11.1 Å².